The van der Waals surface area contributed by atoms with E-state index in [-0.39, 0.29) is 11.8 Å². The summed E-state index contributed by atoms with van der Waals surface area (Å²) in [6.07, 6.45) is 3.54. The van der Waals surface area contributed by atoms with Crippen LogP contribution in [0.1, 0.15) is 56.8 Å². The van der Waals surface area contributed by atoms with Crippen molar-refractivity contribution < 1.29 is 9.59 Å². The Kier molecular flexibility index (Phi) is 5.22. The van der Waals surface area contributed by atoms with E-state index < -0.39 is 0 Å². The normalized spacial score (nSPS) is 15.2. The molecule has 1 aromatic carbocycles. The maximum atomic E-state index is 12.2. The fraction of sp³-hybridized carbons (Fsp3) is 0.556. The first-order valence-electron chi connectivity index (χ1n) is 8.05. The summed E-state index contributed by atoms with van der Waals surface area (Å²) in [5.41, 5.74) is 1.73. The van der Waals surface area contributed by atoms with Crippen LogP contribution in [0, 0.1) is 5.41 Å². The predicted molar refractivity (Wildman–Crippen MR) is 89.1 cm³/mol. The average molecular weight is 302 g/mol. The van der Waals surface area contributed by atoms with Gasteiger partial charge in [-0.15, -0.1) is 0 Å². The minimum Gasteiger partial charge on any atom is -0.352 e. The van der Waals surface area contributed by atoms with Crippen LogP contribution in [0.4, 0.5) is 5.69 Å². The van der Waals surface area contributed by atoms with Crippen molar-refractivity contribution >= 4 is 17.5 Å². The molecule has 4 heteroatoms. The van der Waals surface area contributed by atoms with E-state index in [0.717, 1.165) is 31.5 Å². The molecule has 22 heavy (non-hydrogen) atoms. The molecule has 4 nitrogen and oxygen atoms in total. The van der Waals surface area contributed by atoms with Gasteiger partial charge in [0.2, 0.25) is 5.91 Å². The zero-order chi connectivity index (χ0) is 16.2. The lowest BCUT2D eigenvalue weighted by Crippen LogP contribution is -2.27. The van der Waals surface area contributed by atoms with Gasteiger partial charge in [0.25, 0.3) is 5.91 Å². The van der Waals surface area contributed by atoms with Gasteiger partial charge in [0.05, 0.1) is 0 Å². The number of nitrogens with one attached hydrogen (secondary N) is 1. The van der Waals surface area contributed by atoms with Gasteiger partial charge in [-0.05, 0) is 42.9 Å². The summed E-state index contributed by atoms with van der Waals surface area (Å²) in [7, 11) is 0. The third kappa shape index (κ3) is 4.58. The maximum Gasteiger partial charge on any atom is 0.251 e. The molecule has 1 aromatic rings. The monoisotopic (exact) mass is 302 g/mol. The Labute approximate surface area is 132 Å². The summed E-state index contributed by atoms with van der Waals surface area (Å²) in [6.45, 7) is 8.03. The number of carbonyl (C=O) groups is 2. The van der Waals surface area contributed by atoms with Crippen molar-refractivity contribution in [3.05, 3.63) is 29.8 Å². The summed E-state index contributed by atoms with van der Waals surface area (Å²) in [5.74, 6) is 0.0742. The predicted octanol–water partition coefficient (Wildman–Crippen LogP) is 3.37. The lowest BCUT2D eigenvalue weighted by Gasteiger charge is -2.18. The van der Waals surface area contributed by atoms with E-state index >= 15 is 0 Å². The summed E-state index contributed by atoms with van der Waals surface area (Å²) >= 11 is 0. The van der Waals surface area contributed by atoms with E-state index in [0.29, 0.717) is 23.9 Å². The van der Waals surface area contributed by atoms with Crippen LogP contribution in [-0.2, 0) is 4.79 Å². The van der Waals surface area contributed by atoms with Gasteiger partial charge >= 0.3 is 0 Å². The summed E-state index contributed by atoms with van der Waals surface area (Å²) in [6, 6.07) is 7.33. The molecule has 1 aliphatic rings. The third-order valence-electron chi connectivity index (χ3n) is 3.88. The highest BCUT2D eigenvalue weighted by molar-refractivity contribution is 5.99. The van der Waals surface area contributed by atoms with Gasteiger partial charge in [0.15, 0.2) is 0 Å². The topological polar surface area (TPSA) is 49.4 Å². The highest BCUT2D eigenvalue weighted by atomic mass is 16.2. The lowest BCUT2D eigenvalue weighted by molar-refractivity contribution is -0.117. The second-order valence-electron chi connectivity index (χ2n) is 7.12. The van der Waals surface area contributed by atoms with Gasteiger partial charge in [0.1, 0.15) is 0 Å². The third-order valence-corrected chi connectivity index (χ3v) is 3.88. The number of hydrogen-bond donors (Lipinski definition) is 1. The van der Waals surface area contributed by atoms with Crippen LogP contribution in [0.15, 0.2) is 24.3 Å². The average Bonchev–Trinajstić information content (AvgIpc) is 2.89. The molecule has 0 unspecified atom stereocenters. The van der Waals surface area contributed by atoms with Gasteiger partial charge in [-0.3, -0.25) is 9.59 Å². The number of amides is 2. The van der Waals surface area contributed by atoms with E-state index in [1.807, 2.05) is 18.2 Å². The van der Waals surface area contributed by atoms with Crippen molar-refractivity contribution in [3.8, 4) is 0 Å². The fourth-order valence-electron chi connectivity index (χ4n) is 2.66. The van der Waals surface area contributed by atoms with Gasteiger partial charge < -0.3 is 10.2 Å². The Balaban J connectivity index is 1.91. The Morgan fingerprint density at radius 1 is 1.32 bits per heavy atom. The summed E-state index contributed by atoms with van der Waals surface area (Å²) in [5, 5.41) is 2.96. The van der Waals surface area contributed by atoms with E-state index in [4.69, 9.17) is 0 Å². The standard InChI is InChI=1S/C18H26N2O2/c1-18(2,3)10-6-11-19-17(22)14-7-4-8-15(13-14)20-12-5-9-16(20)21/h4,7-8,13H,5-6,9-12H2,1-3H3,(H,19,22). The molecule has 0 atom stereocenters. The van der Waals surface area contributed by atoms with Crippen LogP contribution in [0.5, 0.6) is 0 Å². The first-order chi connectivity index (χ1) is 10.4. The van der Waals surface area contributed by atoms with E-state index in [1.54, 1.807) is 11.0 Å². The van der Waals surface area contributed by atoms with Crippen molar-refractivity contribution in [1.29, 1.82) is 0 Å². The molecule has 1 N–H and O–H groups in total. The number of anilines is 1. The Hall–Kier alpha value is -1.84. The van der Waals surface area contributed by atoms with Gasteiger partial charge in [-0.1, -0.05) is 26.8 Å². The molecular weight excluding hydrogens is 276 g/mol. The number of rotatable bonds is 5. The van der Waals surface area contributed by atoms with E-state index in [9.17, 15) is 9.59 Å². The molecule has 0 bridgehead atoms. The Morgan fingerprint density at radius 2 is 2.09 bits per heavy atom. The number of hydrogen-bond acceptors (Lipinski definition) is 2. The first-order valence-corrected chi connectivity index (χ1v) is 8.05. The molecule has 0 aromatic heterocycles. The smallest absolute Gasteiger partial charge is 0.251 e. The minimum absolute atomic E-state index is 0.0672. The molecule has 1 heterocycles. The van der Waals surface area contributed by atoms with E-state index in [2.05, 4.69) is 26.1 Å². The molecule has 2 rings (SSSR count). The van der Waals surface area contributed by atoms with Crippen LogP contribution in [-0.4, -0.2) is 24.9 Å². The van der Waals surface area contributed by atoms with Crippen molar-refractivity contribution in [1.82, 2.24) is 5.32 Å². The zero-order valence-corrected chi connectivity index (χ0v) is 13.8. The number of carbonyl (C=O) groups excluding carboxylic acids is 2. The van der Waals surface area contributed by atoms with Crippen LogP contribution >= 0.6 is 0 Å². The van der Waals surface area contributed by atoms with Gasteiger partial charge in [-0.2, -0.15) is 0 Å². The first kappa shape index (κ1) is 16.5. The molecule has 0 spiro atoms. The molecule has 1 aliphatic heterocycles. The largest absolute Gasteiger partial charge is 0.352 e. The van der Waals surface area contributed by atoms with Gasteiger partial charge in [-0.25, -0.2) is 0 Å². The Bertz CT molecular complexity index is 546. The van der Waals surface area contributed by atoms with Crippen LogP contribution in [0.3, 0.4) is 0 Å². The molecule has 0 aliphatic carbocycles. The number of benzene rings is 1. The fourth-order valence-corrected chi connectivity index (χ4v) is 2.66. The molecule has 1 saturated heterocycles. The van der Waals surface area contributed by atoms with Crippen molar-refractivity contribution in [2.24, 2.45) is 5.41 Å². The van der Waals surface area contributed by atoms with E-state index in [1.165, 1.54) is 0 Å². The van der Waals surface area contributed by atoms with Crippen LogP contribution in [0.2, 0.25) is 0 Å². The zero-order valence-electron chi connectivity index (χ0n) is 13.8. The molecule has 2 amide bonds. The van der Waals surface area contributed by atoms with Crippen LogP contribution in [0.25, 0.3) is 0 Å². The Morgan fingerprint density at radius 3 is 2.73 bits per heavy atom. The molecule has 120 valence electrons. The highest BCUT2D eigenvalue weighted by Crippen LogP contribution is 2.22. The van der Waals surface area contributed by atoms with Crippen molar-refractivity contribution in [2.45, 2.75) is 46.5 Å². The molecular formula is C18H26N2O2. The summed E-state index contributed by atoms with van der Waals surface area (Å²) in [4.78, 5) is 25.7. The lowest BCUT2D eigenvalue weighted by atomic mass is 9.91. The van der Waals surface area contributed by atoms with Crippen LogP contribution < -0.4 is 10.2 Å². The number of nitrogens with zero attached hydrogens (tertiary/aromatic N) is 1. The highest BCUT2D eigenvalue weighted by Gasteiger charge is 2.22. The second-order valence-corrected chi connectivity index (χ2v) is 7.12. The maximum absolute atomic E-state index is 12.2. The van der Waals surface area contributed by atoms with Crippen molar-refractivity contribution in [2.75, 3.05) is 18.0 Å². The van der Waals surface area contributed by atoms with Crippen molar-refractivity contribution in [3.63, 3.8) is 0 Å². The molecule has 0 radical (unpaired) electrons. The second kappa shape index (κ2) is 6.95. The quantitative estimate of drug-likeness (QED) is 0.848. The van der Waals surface area contributed by atoms with Gasteiger partial charge in [0, 0.05) is 30.8 Å². The minimum atomic E-state index is -0.0672. The molecule has 0 saturated carbocycles. The summed E-state index contributed by atoms with van der Waals surface area (Å²) < 4.78 is 0. The molecule has 1 fully saturated rings. The SMILES string of the molecule is CC(C)(C)CCCNC(=O)c1cccc(N2CCCC2=O)c1.